The Hall–Kier alpha value is -2.33. The summed E-state index contributed by atoms with van der Waals surface area (Å²) in [5, 5.41) is 6.42. The highest BCUT2D eigenvalue weighted by molar-refractivity contribution is 5.91. The van der Waals surface area contributed by atoms with E-state index in [0.717, 1.165) is 58.2 Å². The van der Waals surface area contributed by atoms with E-state index in [1.54, 1.807) is 11.1 Å². The maximum atomic E-state index is 12.4. The van der Waals surface area contributed by atoms with Crippen molar-refractivity contribution < 1.29 is 4.79 Å². The van der Waals surface area contributed by atoms with Gasteiger partial charge in [-0.3, -0.25) is 0 Å². The van der Waals surface area contributed by atoms with E-state index in [0.29, 0.717) is 12.1 Å². The molecule has 4 nitrogen and oxygen atoms in total. The standard InChI is InChI=1S/C27H33N3O/c31-26(28-19-7-1-2-8-19)29-20-13-15-30(16-14-20)18-27-17-23(21-9-3-5-11-24(21)27)22-10-4-6-12-25(22)27/h3-5,9-12,19-20H,1-2,6-8,13-18H2,(H2,28,29,31). The molecule has 4 heteroatoms. The summed E-state index contributed by atoms with van der Waals surface area (Å²) in [5.74, 6) is 0. The van der Waals surface area contributed by atoms with Crippen molar-refractivity contribution in [2.75, 3.05) is 19.6 Å². The highest BCUT2D eigenvalue weighted by Crippen LogP contribution is 2.60. The predicted molar refractivity (Wildman–Crippen MR) is 125 cm³/mol. The number of hydrogen-bond acceptors (Lipinski definition) is 2. The van der Waals surface area contributed by atoms with Gasteiger partial charge < -0.3 is 15.5 Å². The summed E-state index contributed by atoms with van der Waals surface area (Å²) < 4.78 is 0. The molecule has 0 aromatic heterocycles. The maximum Gasteiger partial charge on any atom is 0.315 e. The summed E-state index contributed by atoms with van der Waals surface area (Å²) in [5.41, 5.74) is 7.75. The third kappa shape index (κ3) is 3.27. The second-order valence-corrected chi connectivity index (χ2v) is 10.1. The molecule has 0 radical (unpaired) electrons. The fourth-order valence-corrected chi connectivity index (χ4v) is 6.75. The Morgan fingerprint density at radius 3 is 2.58 bits per heavy atom. The third-order valence-corrected chi connectivity index (χ3v) is 8.23. The van der Waals surface area contributed by atoms with Gasteiger partial charge in [-0.25, -0.2) is 4.79 Å². The van der Waals surface area contributed by atoms with Crippen molar-refractivity contribution in [3.05, 3.63) is 64.8 Å². The van der Waals surface area contributed by atoms with Crippen LogP contribution in [0.2, 0.25) is 0 Å². The van der Waals surface area contributed by atoms with Crippen LogP contribution < -0.4 is 10.6 Å². The molecule has 1 aliphatic heterocycles. The van der Waals surface area contributed by atoms with Gasteiger partial charge in [0.1, 0.15) is 0 Å². The third-order valence-electron chi connectivity index (χ3n) is 8.23. The summed E-state index contributed by atoms with van der Waals surface area (Å²) in [7, 11) is 0. The quantitative estimate of drug-likeness (QED) is 0.749. The minimum Gasteiger partial charge on any atom is -0.335 e. The molecule has 2 amide bonds. The summed E-state index contributed by atoms with van der Waals surface area (Å²) in [6.07, 6.45) is 16.2. The summed E-state index contributed by atoms with van der Waals surface area (Å²) in [4.78, 5) is 15.0. The molecule has 2 N–H and O–H groups in total. The first-order valence-corrected chi connectivity index (χ1v) is 12.2. The molecule has 4 aliphatic carbocycles. The molecule has 1 saturated carbocycles. The average molecular weight is 416 g/mol. The van der Waals surface area contributed by atoms with E-state index in [1.807, 2.05) is 0 Å². The Labute approximate surface area is 185 Å². The second kappa shape index (κ2) is 7.67. The van der Waals surface area contributed by atoms with Gasteiger partial charge in [0.15, 0.2) is 0 Å². The molecule has 1 atom stereocenters. The number of urea groups is 1. The molecule has 0 spiro atoms. The van der Waals surface area contributed by atoms with Crippen molar-refractivity contribution in [1.82, 2.24) is 15.5 Å². The maximum absolute atomic E-state index is 12.4. The molecule has 1 unspecified atom stereocenters. The lowest BCUT2D eigenvalue weighted by Crippen LogP contribution is -2.51. The normalized spacial score (nSPS) is 27.9. The molecular formula is C27H33N3O. The number of hydrogen-bond donors (Lipinski definition) is 2. The second-order valence-electron chi connectivity index (χ2n) is 10.1. The number of likely N-dealkylation sites (tertiary alicyclic amines) is 1. The molecule has 2 fully saturated rings. The predicted octanol–water partition coefficient (Wildman–Crippen LogP) is 4.69. The highest BCUT2D eigenvalue weighted by Gasteiger charge is 2.51. The largest absolute Gasteiger partial charge is 0.335 e. The van der Waals surface area contributed by atoms with Crippen molar-refractivity contribution in [3.63, 3.8) is 0 Å². The van der Waals surface area contributed by atoms with Gasteiger partial charge in [0.05, 0.1) is 0 Å². The van der Waals surface area contributed by atoms with Crippen LogP contribution in [0.25, 0.3) is 5.57 Å². The summed E-state index contributed by atoms with van der Waals surface area (Å²) in [6.45, 7) is 3.22. The average Bonchev–Trinajstić information content (AvgIpc) is 3.50. The number of piperidine rings is 1. The first-order chi connectivity index (χ1) is 15.2. The van der Waals surface area contributed by atoms with Crippen molar-refractivity contribution in [1.29, 1.82) is 0 Å². The zero-order valence-electron chi connectivity index (χ0n) is 18.3. The van der Waals surface area contributed by atoms with Crippen molar-refractivity contribution in [2.45, 2.75) is 68.9 Å². The number of allylic oxidation sites excluding steroid dienone is 5. The topological polar surface area (TPSA) is 44.4 Å². The first-order valence-electron chi connectivity index (χ1n) is 12.2. The number of rotatable bonds is 4. The fraction of sp³-hybridized carbons (Fsp3) is 0.519. The Balaban J connectivity index is 1.12. The Kier molecular flexibility index (Phi) is 4.79. The molecule has 31 heavy (non-hydrogen) atoms. The van der Waals surface area contributed by atoms with Crippen molar-refractivity contribution in [3.8, 4) is 0 Å². The minimum atomic E-state index is 0.0436. The van der Waals surface area contributed by atoms with E-state index in [9.17, 15) is 4.79 Å². The number of carbonyl (C=O) groups is 1. The Bertz CT molecular complexity index is 976. The zero-order chi connectivity index (χ0) is 20.8. The van der Waals surface area contributed by atoms with Gasteiger partial charge in [-0.05, 0) is 66.4 Å². The lowest BCUT2D eigenvalue weighted by atomic mass is 9.72. The lowest BCUT2D eigenvalue weighted by Gasteiger charge is -2.41. The van der Waals surface area contributed by atoms with Crippen LogP contribution in [0.5, 0.6) is 0 Å². The molecular weight excluding hydrogens is 382 g/mol. The smallest absolute Gasteiger partial charge is 0.315 e. The fourth-order valence-electron chi connectivity index (χ4n) is 6.75. The van der Waals surface area contributed by atoms with E-state index in [4.69, 9.17) is 0 Å². The van der Waals surface area contributed by atoms with Crippen molar-refractivity contribution >= 4 is 11.6 Å². The molecule has 5 aliphatic rings. The van der Waals surface area contributed by atoms with Crippen LogP contribution in [-0.4, -0.2) is 42.6 Å². The molecule has 1 aromatic carbocycles. The minimum absolute atomic E-state index is 0.0436. The zero-order valence-corrected chi connectivity index (χ0v) is 18.3. The number of carbonyl (C=O) groups excluding carboxylic acids is 1. The van der Waals surface area contributed by atoms with Gasteiger partial charge in [-0.1, -0.05) is 55.3 Å². The van der Waals surface area contributed by atoms with Gasteiger partial charge in [-0.15, -0.1) is 0 Å². The van der Waals surface area contributed by atoms with E-state index in [-0.39, 0.29) is 11.4 Å². The van der Waals surface area contributed by atoms with Gasteiger partial charge in [0.25, 0.3) is 0 Å². The van der Waals surface area contributed by atoms with Gasteiger partial charge in [0, 0.05) is 37.1 Å². The highest BCUT2D eigenvalue weighted by atomic mass is 16.2. The van der Waals surface area contributed by atoms with Gasteiger partial charge in [-0.2, -0.15) is 0 Å². The summed E-state index contributed by atoms with van der Waals surface area (Å²) >= 11 is 0. The molecule has 1 saturated heterocycles. The first kappa shape index (κ1) is 19.4. The number of fused-ring (bicyclic) bond motifs is 7. The molecule has 1 aromatic rings. The molecule has 1 heterocycles. The van der Waals surface area contributed by atoms with Crippen LogP contribution >= 0.6 is 0 Å². The number of nitrogens with one attached hydrogen (secondary N) is 2. The summed E-state index contributed by atoms with van der Waals surface area (Å²) in [6, 6.07) is 9.80. The van der Waals surface area contributed by atoms with E-state index in [1.165, 1.54) is 29.5 Å². The number of amides is 2. The SMILES string of the molecule is O=C(NC1CCCC1)NC1CCN(CC23CC(=C4C=CCC=C42)c2ccccc23)CC1. The van der Waals surface area contributed by atoms with Gasteiger partial charge in [0.2, 0.25) is 0 Å². The van der Waals surface area contributed by atoms with Crippen LogP contribution in [0.1, 0.15) is 62.5 Å². The Morgan fingerprint density at radius 1 is 1.03 bits per heavy atom. The van der Waals surface area contributed by atoms with Crippen molar-refractivity contribution in [2.24, 2.45) is 0 Å². The van der Waals surface area contributed by atoms with Crippen LogP contribution in [-0.2, 0) is 5.41 Å². The van der Waals surface area contributed by atoms with Crippen LogP contribution in [0.15, 0.2) is 53.6 Å². The van der Waals surface area contributed by atoms with E-state index >= 15 is 0 Å². The van der Waals surface area contributed by atoms with Gasteiger partial charge >= 0.3 is 6.03 Å². The monoisotopic (exact) mass is 415 g/mol. The van der Waals surface area contributed by atoms with Crippen LogP contribution in [0.3, 0.4) is 0 Å². The Morgan fingerprint density at radius 2 is 1.77 bits per heavy atom. The molecule has 162 valence electrons. The molecule has 2 bridgehead atoms. The van der Waals surface area contributed by atoms with Crippen LogP contribution in [0, 0.1) is 0 Å². The lowest BCUT2D eigenvalue weighted by molar-refractivity contribution is 0.169. The molecule has 6 rings (SSSR count). The van der Waals surface area contributed by atoms with E-state index < -0.39 is 0 Å². The number of nitrogens with zero attached hydrogens (tertiary/aromatic N) is 1. The van der Waals surface area contributed by atoms with Crippen LogP contribution in [0.4, 0.5) is 4.79 Å². The van der Waals surface area contributed by atoms with E-state index in [2.05, 4.69) is 58.0 Å². The number of benzene rings is 1.